The van der Waals surface area contributed by atoms with Crippen LogP contribution < -0.4 is 0 Å². The standard InChI is InChI=1S/C2Cl3FO/c3-1(7)2(4,5)6. The summed E-state index contributed by atoms with van der Waals surface area (Å²) in [5, 5.41) is -1.42. The molecule has 0 saturated carbocycles. The van der Waals surface area contributed by atoms with Gasteiger partial charge in [-0.3, -0.25) is 4.79 Å². The van der Waals surface area contributed by atoms with E-state index in [0.29, 0.717) is 0 Å². The van der Waals surface area contributed by atoms with E-state index < -0.39 is 9.83 Å². The van der Waals surface area contributed by atoms with Gasteiger partial charge in [0.15, 0.2) is 0 Å². The lowest BCUT2D eigenvalue weighted by molar-refractivity contribution is -0.115. The molecule has 0 aliphatic rings. The van der Waals surface area contributed by atoms with Crippen LogP contribution in [0.4, 0.5) is 4.39 Å². The second-order valence-corrected chi connectivity index (χ2v) is 2.35. The molecule has 1 nitrogen and oxygen atoms in total. The fourth-order valence-corrected chi connectivity index (χ4v) is 0. The molecular weight excluding hydrogens is 165 g/mol. The molecule has 0 aromatic rings. The lowest BCUT2D eigenvalue weighted by Gasteiger charge is -1.97. The van der Waals surface area contributed by atoms with Gasteiger partial charge in [-0.05, 0) is 11.6 Å². The minimum Gasteiger partial charge on any atom is -0.275 e. The van der Waals surface area contributed by atoms with E-state index in [-0.39, 0.29) is 0 Å². The maximum Gasteiger partial charge on any atom is 0.331 e. The van der Waals surface area contributed by atoms with Crippen LogP contribution in [0.1, 0.15) is 0 Å². The fraction of sp³-hybridized carbons (Fsp3) is 0.500. The molecule has 0 fully saturated rings. The molecule has 0 aliphatic carbocycles. The fourth-order valence-electron chi connectivity index (χ4n) is 0. The maximum absolute atomic E-state index is 11.6. The summed E-state index contributed by atoms with van der Waals surface area (Å²) in [4.78, 5) is 9.59. The van der Waals surface area contributed by atoms with Crippen LogP contribution in [-0.4, -0.2) is 9.83 Å². The summed E-state index contributed by atoms with van der Waals surface area (Å²) >= 11 is 13.4. The van der Waals surface area contributed by atoms with Crippen LogP contribution in [0.5, 0.6) is 0 Å². The average Bonchev–Trinajstić information content (AvgIpc) is 1.31. The van der Waals surface area contributed by atoms with Crippen LogP contribution in [0.15, 0.2) is 0 Å². The predicted molar refractivity (Wildman–Crippen MR) is 26.4 cm³/mol. The molecule has 5 heteroatoms. The van der Waals surface area contributed by atoms with Crippen LogP contribution in [0.3, 0.4) is 0 Å². The molecule has 0 aromatic carbocycles. The van der Waals surface area contributed by atoms with Gasteiger partial charge in [0.25, 0.3) is 5.24 Å². The number of carbonyl (C=O) groups excluding carboxylic acids is 1. The van der Waals surface area contributed by atoms with E-state index in [1.165, 1.54) is 0 Å². The summed E-state index contributed by atoms with van der Waals surface area (Å²) in [5.41, 5.74) is 0. The first-order chi connectivity index (χ1) is 2.94. The van der Waals surface area contributed by atoms with E-state index in [1.54, 1.807) is 0 Å². The van der Waals surface area contributed by atoms with E-state index in [1.807, 2.05) is 0 Å². The molecule has 0 aromatic heterocycles. The van der Waals surface area contributed by atoms with Gasteiger partial charge in [0.1, 0.15) is 0 Å². The summed E-state index contributed by atoms with van der Waals surface area (Å²) in [7, 11) is 0. The van der Waals surface area contributed by atoms with Crippen molar-refractivity contribution >= 4 is 40.0 Å². The van der Waals surface area contributed by atoms with Gasteiger partial charge >= 0.3 is 4.59 Å². The van der Waals surface area contributed by atoms with Gasteiger partial charge in [0.2, 0.25) is 0 Å². The molecule has 0 atom stereocenters. The average molecular weight is 165 g/mol. The molecule has 0 bridgehead atoms. The third kappa shape index (κ3) is 3.09. The summed E-state index contributed by atoms with van der Waals surface area (Å²) < 4.78 is 8.63. The molecule has 0 unspecified atom stereocenters. The Hall–Kier alpha value is 0.470. The van der Waals surface area contributed by atoms with Crippen molar-refractivity contribution in [1.82, 2.24) is 0 Å². The molecule has 0 heterocycles. The topological polar surface area (TPSA) is 17.1 Å². The highest BCUT2D eigenvalue weighted by Gasteiger charge is 2.30. The number of rotatable bonds is 1. The summed E-state index contributed by atoms with van der Waals surface area (Å²) in [5.74, 6) is 0. The third-order valence-corrected chi connectivity index (χ3v) is 1.02. The smallest absolute Gasteiger partial charge is 0.275 e. The van der Waals surface area contributed by atoms with Gasteiger partial charge < -0.3 is 0 Å². The van der Waals surface area contributed by atoms with Crippen LogP contribution in [0, 0.1) is 0 Å². The molecule has 0 saturated heterocycles. The SMILES string of the molecule is O=C(Cl)C(F)(Cl)Cl. The Bertz CT molecular complexity index is 85.4. The normalized spacial score (nSPS) is 11.4. The minimum absolute atomic E-state index is 1.42. The number of carbonyl (C=O) groups is 1. The lowest BCUT2D eigenvalue weighted by Crippen LogP contribution is -2.12. The van der Waals surface area contributed by atoms with Crippen molar-refractivity contribution in [2.75, 3.05) is 0 Å². The minimum atomic E-state index is -2.93. The number of hydrogen-bond donors (Lipinski definition) is 0. The molecule has 42 valence electrons. The van der Waals surface area contributed by atoms with E-state index >= 15 is 0 Å². The highest BCUT2D eigenvalue weighted by atomic mass is 35.5. The Labute approximate surface area is 54.3 Å². The molecule has 0 N–H and O–H groups in total. The summed E-state index contributed by atoms with van der Waals surface area (Å²) in [6.07, 6.45) is 0. The zero-order valence-corrected chi connectivity index (χ0v) is 5.19. The van der Waals surface area contributed by atoms with Crippen molar-refractivity contribution in [3.63, 3.8) is 0 Å². The summed E-state index contributed by atoms with van der Waals surface area (Å²) in [6.45, 7) is 0. The van der Waals surface area contributed by atoms with Gasteiger partial charge in [-0.2, -0.15) is 4.39 Å². The highest BCUT2D eigenvalue weighted by Crippen LogP contribution is 2.24. The van der Waals surface area contributed by atoms with Crippen LogP contribution >= 0.6 is 34.8 Å². The largest absolute Gasteiger partial charge is 0.331 e. The number of halogens is 4. The van der Waals surface area contributed by atoms with Crippen molar-refractivity contribution in [2.24, 2.45) is 0 Å². The van der Waals surface area contributed by atoms with Crippen molar-refractivity contribution < 1.29 is 9.18 Å². The molecule has 0 rings (SSSR count). The number of hydrogen-bond acceptors (Lipinski definition) is 1. The lowest BCUT2D eigenvalue weighted by atomic mass is 10.8. The first-order valence-electron chi connectivity index (χ1n) is 1.21. The first kappa shape index (κ1) is 7.47. The monoisotopic (exact) mass is 164 g/mol. The van der Waals surface area contributed by atoms with Crippen LogP contribution in [0.2, 0.25) is 0 Å². The van der Waals surface area contributed by atoms with Gasteiger partial charge in [0.05, 0.1) is 0 Å². The molecule has 7 heavy (non-hydrogen) atoms. The van der Waals surface area contributed by atoms with E-state index in [4.69, 9.17) is 0 Å². The van der Waals surface area contributed by atoms with Gasteiger partial charge in [-0.1, -0.05) is 23.2 Å². The Morgan fingerprint density at radius 3 is 1.71 bits per heavy atom. The van der Waals surface area contributed by atoms with Crippen LogP contribution in [0.25, 0.3) is 0 Å². The van der Waals surface area contributed by atoms with E-state index in [9.17, 15) is 9.18 Å². The highest BCUT2D eigenvalue weighted by molar-refractivity contribution is 6.77. The molecule has 0 aliphatic heterocycles. The maximum atomic E-state index is 11.6. The zero-order valence-electron chi connectivity index (χ0n) is 2.92. The van der Waals surface area contributed by atoms with Crippen molar-refractivity contribution in [1.29, 1.82) is 0 Å². The van der Waals surface area contributed by atoms with Crippen molar-refractivity contribution in [3.05, 3.63) is 0 Å². The Morgan fingerprint density at radius 2 is 1.71 bits per heavy atom. The van der Waals surface area contributed by atoms with Crippen molar-refractivity contribution in [3.8, 4) is 0 Å². The summed E-state index contributed by atoms with van der Waals surface area (Å²) in [6, 6.07) is 0. The molecule has 0 amide bonds. The zero-order chi connectivity index (χ0) is 6.08. The van der Waals surface area contributed by atoms with Gasteiger partial charge in [0, 0.05) is 0 Å². The Kier molecular flexibility index (Phi) is 2.30. The van der Waals surface area contributed by atoms with Crippen molar-refractivity contribution in [2.45, 2.75) is 4.59 Å². The Balaban J connectivity index is 3.79. The second-order valence-electron chi connectivity index (χ2n) is 0.771. The molecule has 0 radical (unpaired) electrons. The quantitative estimate of drug-likeness (QED) is 0.428. The van der Waals surface area contributed by atoms with Gasteiger partial charge in [-0.15, -0.1) is 0 Å². The van der Waals surface area contributed by atoms with E-state index in [2.05, 4.69) is 34.8 Å². The second kappa shape index (κ2) is 2.16. The molecule has 0 spiro atoms. The first-order valence-corrected chi connectivity index (χ1v) is 2.34. The predicted octanol–water partition coefficient (Wildman–Crippen LogP) is 1.85. The van der Waals surface area contributed by atoms with E-state index in [0.717, 1.165) is 0 Å². The number of alkyl halides is 3. The molecular formula is C2Cl3FO. The third-order valence-electron chi connectivity index (χ3n) is 0.223. The Morgan fingerprint density at radius 1 is 1.57 bits per heavy atom. The van der Waals surface area contributed by atoms with Gasteiger partial charge in [-0.25, -0.2) is 0 Å². The van der Waals surface area contributed by atoms with Crippen LogP contribution in [-0.2, 0) is 4.79 Å².